The maximum absolute atomic E-state index is 5.62. The van der Waals surface area contributed by atoms with E-state index in [-0.39, 0.29) is 0 Å². The van der Waals surface area contributed by atoms with E-state index in [9.17, 15) is 0 Å². The summed E-state index contributed by atoms with van der Waals surface area (Å²) in [4.78, 5) is 9.74. The molecule has 6 heteroatoms. The molecule has 0 amide bonds. The minimum Gasteiger partial charge on any atom is -0.486 e. The van der Waals surface area contributed by atoms with Crippen molar-refractivity contribution in [2.75, 3.05) is 25.6 Å². The Labute approximate surface area is 128 Å². The van der Waals surface area contributed by atoms with Gasteiger partial charge in [0.15, 0.2) is 11.5 Å². The van der Waals surface area contributed by atoms with Gasteiger partial charge in [0.2, 0.25) is 0 Å². The Bertz CT molecular complexity index is 649. The highest BCUT2D eigenvalue weighted by atomic mass is 32.2. The first-order valence-electron chi connectivity index (χ1n) is 6.91. The maximum atomic E-state index is 5.62. The number of rotatable bonds is 4. The largest absolute Gasteiger partial charge is 0.486 e. The third-order valence-corrected chi connectivity index (χ3v) is 4.26. The summed E-state index contributed by atoms with van der Waals surface area (Å²) >= 11 is 1.61. The molecular weight excluding hydrogens is 286 g/mol. The highest BCUT2D eigenvalue weighted by molar-refractivity contribution is 7.99. The zero-order chi connectivity index (χ0) is 14.7. The molecule has 3 rings (SSSR count). The topological polar surface area (TPSA) is 56.3 Å². The van der Waals surface area contributed by atoms with Crippen molar-refractivity contribution in [3.8, 4) is 11.5 Å². The van der Waals surface area contributed by atoms with E-state index in [1.807, 2.05) is 25.2 Å². The molecular formula is C15H17N3O2S. The van der Waals surface area contributed by atoms with Crippen molar-refractivity contribution in [1.29, 1.82) is 0 Å². The van der Waals surface area contributed by atoms with Crippen LogP contribution in [0.4, 0.5) is 5.82 Å². The Kier molecular flexibility index (Phi) is 4.15. The Balaban J connectivity index is 1.90. The van der Waals surface area contributed by atoms with Crippen molar-refractivity contribution in [1.82, 2.24) is 9.97 Å². The molecule has 1 aromatic heterocycles. The molecule has 2 aromatic rings. The van der Waals surface area contributed by atoms with Gasteiger partial charge in [-0.25, -0.2) is 9.97 Å². The van der Waals surface area contributed by atoms with Crippen LogP contribution in [0.3, 0.4) is 0 Å². The molecule has 0 fully saturated rings. The summed E-state index contributed by atoms with van der Waals surface area (Å²) in [5, 5.41) is 4.08. The Hall–Kier alpha value is -1.95. The normalized spacial score (nSPS) is 13.0. The first-order valence-corrected chi connectivity index (χ1v) is 7.72. The van der Waals surface area contributed by atoms with Crippen LogP contribution in [0.2, 0.25) is 0 Å². The van der Waals surface area contributed by atoms with E-state index >= 15 is 0 Å². The number of fused-ring (bicyclic) bond motifs is 1. The summed E-state index contributed by atoms with van der Waals surface area (Å²) in [5.74, 6) is 2.49. The highest BCUT2D eigenvalue weighted by Crippen LogP contribution is 2.37. The van der Waals surface area contributed by atoms with Gasteiger partial charge in [0.25, 0.3) is 0 Å². The number of aromatic nitrogens is 2. The van der Waals surface area contributed by atoms with Crippen LogP contribution in [0, 0.1) is 0 Å². The van der Waals surface area contributed by atoms with Gasteiger partial charge in [-0.2, -0.15) is 0 Å². The lowest BCUT2D eigenvalue weighted by Crippen LogP contribution is -2.15. The second kappa shape index (κ2) is 6.22. The minimum atomic E-state index is 0.596. The summed E-state index contributed by atoms with van der Waals surface area (Å²) in [5.41, 5.74) is 1.12. The molecule has 0 bridgehead atoms. The number of ether oxygens (including phenoxy) is 2. The molecule has 1 aromatic carbocycles. The van der Waals surface area contributed by atoms with E-state index in [1.165, 1.54) is 0 Å². The fraction of sp³-hybridized carbons (Fsp3) is 0.333. The first-order chi connectivity index (χ1) is 10.3. The van der Waals surface area contributed by atoms with Crippen molar-refractivity contribution in [3.05, 3.63) is 30.1 Å². The zero-order valence-electron chi connectivity index (χ0n) is 12.0. The number of hydrogen-bond donors (Lipinski definition) is 1. The van der Waals surface area contributed by atoms with Crippen LogP contribution in [0.25, 0.3) is 0 Å². The predicted molar refractivity (Wildman–Crippen MR) is 82.5 cm³/mol. The average Bonchev–Trinajstić information content (AvgIpc) is 2.54. The predicted octanol–water partition coefficient (Wildman–Crippen LogP) is 3.00. The van der Waals surface area contributed by atoms with Crippen molar-refractivity contribution in [2.24, 2.45) is 0 Å². The lowest BCUT2D eigenvalue weighted by Gasteiger charge is -2.19. The van der Waals surface area contributed by atoms with E-state index < -0.39 is 0 Å². The van der Waals surface area contributed by atoms with Gasteiger partial charge in [-0.15, -0.1) is 0 Å². The van der Waals surface area contributed by atoms with Crippen LogP contribution in [0.5, 0.6) is 11.5 Å². The molecule has 1 aliphatic heterocycles. The van der Waals surface area contributed by atoms with Crippen molar-refractivity contribution >= 4 is 17.6 Å². The lowest BCUT2D eigenvalue weighted by molar-refractivity contribution is 0.171. The molecule has 0 saturated carbocycles. The van der Waals surface area contributed by atoms with Crippen molar-refractivity contribution in [2.45, 2.75) is 23.3 Å². The molecule has 0 radical (unpaired) electrons. The smallest absolute Gasteiger partial charge is 0.162 e. The minimum absolute atomic E-state index is 0.596. The van der Waals surface area contributed by atoms with Crippen LogP contribution >= 0.6 is 11.8 Å². The van der Waals surface area contributed by atoms with E-state index in [1.54, 1.807) is 18.1 Å². The van der Waals surface area contributed by atoms with E-state index in [4.69, 9.17) is 9.47 Å². The molecule has 0 unspecified atom stereocenters. The standard InChI is InChI=1S/C15H17N3O2S/c1-3-11-14(16-2)17-9-18-15(11)21-10-4-5-12-13(8-10)20-7-6-19-12/h4-5,8-9H,3,6-7H2,1-2H3,(H,16,17,18). The van der Waals surface area contributed by atoms with Gasteiger partial charge in [0.1, 0.15) is 30.4 Å². The molecule has 0 saturated heterocycles. The second-order valence-corrected chi connectivity index (χ2v) is 5.58. The van der Waals surface area contributed by atoms with E-state index in [0.29, 0.717) is 13.2 Å². The van der Waals surface area contributed by atoms with Gasteiger partial charge < -0.3 is 14.8 Å². The fourth-order valence-corrected chi connectivity index (χ4v) is 3.21. The van der Waals surface area contributed by atoms with Crippen LogP contribution in [0.1, 0.15) is 12.5 Å². The lowest BCUT2D eigenvalue weighted by atomic mass is 10.2. The van der Waals surface area contributed by atoms with Crippen molar-refractivity contribution < 1.29 is 9.47 Å². The van der Waals surface area contributed by atoms with E-state index in [2.05, 4.69) is 22.2 Å². The second-order valence-electron chi connectivity index (χ2n) is 4.52. The molecule has 2 heterocycles. The van der Waals surface area contributed by atoms with Crippen molar-refractivity contribution in [3.63, 3.8) is 0 Å². The van der Waals surface area contributed by atoms with Gasteiger partial charge in [-0.05, 0) is 24.6 Å². The Morgan fingerprint density at radius 2 is 2.00 bits per heavy atom. The van der Waals surface area contributed by atoms with Gasteiger partial charge in [0.05, 0.1) is 0 Å². The molecule has 0 spiro atoms. The zero-order valence-corrected chi connectivity index (χ0v) is 12.9. The summed E-state index contributed by atoms with van der Waals surface area (Å²) in [6.45, 7) is 3.31. The van der Waals surface area contributed by atoms with Gasteiger partial charge in [0, 0.05) is 17.5 Å². The molecule has 1 aliphatic rings. The third-order valence-electron chi connectivity index (χ3n) is 3.22. The number of anilines is 1. The molecule has 5 nitrogen and oxygen atoms in total. The molecule has 21 heavy (non-hydrogen) atoms. The molecule has 0 aliphatic carbocycles. The van der Waals surface area contributed by atoms with Crippen LogP contribution in [-0.2, 0) is 6.42 Å². The molecule has 110 valence electrons. The fourth-order valence-electron chi connectivity index (χ4n) is 2.22. The number of nitrogens with zero attached hydrogens (tertiary/aromatic N) is 2. The van der Waals surface area contributed by atoms with Crippen LogP contribution in [-0.4, -0.2) is 30.2 Å². The highest BCUT2D eigenvalue weighted by Gasteiger charge is 2.14. The number of hydrogen-bond acceptors (Lipinski definition) is 6. The average molecular weight is 303 g/mol. The van der Waals surface area contributed by atoms with Gasteiger partial charge in [-0.1, -0.05) is 18.7 Å². The van der Waals surface area contributed by atoms with Crippen LogP contribution in [0.15, 0.2) is 34.4 Å². The summed E-state index contributed by atoms with van der Waals surface area (Å²) in [6, 6.07) is 5.97. The number of nitrogens with one attached hydrogen (secondary N) is 1. The van der Waals surface area contributed by atoms with Crippen LogP contribution < -0.4 is 14.8 Å². The van der Waals surface area contributed by atoms with Gasteiger partial charge >= 0.3 is 0 Å². The summed E-state index contributed by atoms with van der Waals surface area (Å²) in [7, 11) is 1.88. The van der Waals surface area contributed by atoms with Gasteiger partial charge in [-0.3, -0.25) is 0 Å². The van der Waals surface area contributed by atoms with E-state index in [0.717, 1.165) is 39.2 Å². The summed E-state index contributed by atoms with van der Waals surface area (Å²) in [6.07, 6.45) is 2.47. The monoisotopic (exact) mass is 303 g/mol. The maximum Gasteiger partial charge on any atom is 0.162 e. The molecule has 0 atom stereocenters. The summed E-state index contributed by atoms with van der Waals surface area (Å²) < 4.78 is 11.2. The Morgan fingerprint density at radius 3 is 2.76 bits per heavy atom. The SMILES string of the molecule is CCc1c(NC)ncnc1Sc1ccc2c(c1)OCCO2. The molecule has 1 N–H and O–H groups in total. The third kappa shape index (κ3) is 2.90. The first kappa shape index (κ1) is 14.0. The Morgan fingerprint density at radius 1 is 1.19 bits per heavy atom. The number of benzene rings is 1. The quantitative estimate of drug-likeness (QED) is 0.876.